The molecule has 1 aliphatic heterocycles. The zero-order valence-electron chi connectivity index (χ0n) is 14.2. The minimum Gasteiger partial charge on any atom is -0.497 e. The van der Waals surface area contributed by atoms with Crippen molar-refractivity contribution >= 4 is 11.6 Å². The molecule has 25 heavy (non-hydrogen) atoms. The Balaban J connectivity index is 1.76. The topological polar surface area (TPSA) is 32.8 Å². The molecular formula is C19H20F2N2O2. The van der Waals surface area contributed by atoms with Crippen molar-refractivity contribution in [3.8, 4) is 5.75 Å². The lowest BCUT2D eigenvalue weighted by Gasteiger charge is -2.41. The largest absolute Gasteiger partial charge is 0.497 e. The van der Waals surface area contributed by atoms with E-state index in [9.17, 15) is 13.6 Å². The van der Waals surface area contributed by atoms with Gasteiger partial charge in [-0.15, -0.1) is 0 Å². The molecule has 1 aliphatic rings. The Labute approximate surface area is 145 Å². The number of piperazine rings is 1. The summed E-state index contributed by atoms with van der Waals surface area (Å²) in [6.45, 7) is 3.35. The molecule has 0 unspecified atom stereocenters. The van der Waals surface area contributed by atoms with E-state index in [1.54, 1.807) is 7.11 Å². The summed E-state index contributed by atoms with van der Waals surface area (Å²) in [5.41, 5.74) is 0.514. The fourth-order valence-electron chi connectivity index (χ4n) is 3.18. The van der Waals surface area contributed by atoms with Gasteiger partial charge in [0.05, 0.1) is 7.11 Å². The smallest absolute Gasteiger partial charge is 0.259 e. The summed E-state index contributed by atoms with van der Waals surface area (Å²) in [6.07, 6.45) is 0. The van der Waals surface area contributed by atoms with Crippen molar-refractivity contribution in [3.05, 3.63) is 59.7 Å². The van der Waals surface area contributed by atoms with Gasteiger partial charge in [-0.1, -0.05) is 12.1 Å². The summed E-state index contributed by atoms with van der Waals surface area (Å²) < 4.78 is 33.0. The third-order valence-corrected chi connectivity index (χ3v) is 4.48. The number of anilines is 1. The second-order valence-corrected chi connectivity index (χ2v) is 6.09. The Kier molecular flexibility index (Phi) is 4.88. The van der Waals surface area contributed by atoms with Crippen LogP contribution in [-0.4, -0.2) is 43.6 Å². The first kappa shape index (κ1) is 17.2. The van der Waals surface area contributed by atoms with Crippen LogP contribution < -0.4 is 9.64 Å². The first-order chi connectivity index (χ1) is 12.0. The minimum absolute atomic E-state index is 0.0136. The normalized spacial score (nSPS) is 17.5. The van der Waals surface area contributed by atoms with E-state index >= 15 is 0 Å². The number of nitrogens with zero attached hydrogens (tertiary/aromatic N) is 2. The van der Waals surface area contributed by atoms with E-state index in [2.05, 4.69) is 4.90 Å². The molecule has 0 saturated carbocycles. The molecule has 4 nitrogen and oxygen atoms in total. The average Bonchev–Trinajstić information content (AvgIpc) is 2.61. The van der Waals surface area contributed by atoms with Crippen molar-refractivity contribution in [1.29, 1.82) is 0 Å². The zero-order chi connectivity index (χ0) is 18.0. The Hall–Kier alpha value is -2.63. The molecule has 0 aromatic heterocycles. The summed E-state index contributed by atoms with van der Waals surface area (Å²) in [7, 11) is 1.61. The molecule has 1 amide bonds. The average molecular weight is 346 g/mol. The third kappa shape index (κ3) is 3.43. The third-order valence-electron chi connectivity index (χ3n) is 4.48. The molecule has 2 aromatic carbocycles. The highest BCUT2D eigenvalue weighted by Gasteiger charge is 2.30. The number of hydrogen-bond acceptors (Lipinski definition) is 3. The molecule has 0 radical (unpaired) electrons. The number of methoxy groups -OCH3 is 1. The minimum atomic E-state index is -0.826. The van der Waals surface area contributed by atoms with Gasteiger partial charge in [0, 0.05) is 37.4 Å². The van der Waals surface area contributed by atoms with Crippen molar-refractivity contribution in [2.75, 3.05) is 31.6 Å². The number of carbonyl (C=O) groups is 1. The van der Waals surface area contributed by atoms with Crippen molar-refractivity contribution in [2.45, 2.75) is 13.0 Å². The maximum Gasteiger partial charge on any atom is 0.259 e. The second kappa shape index (κ2) is 7.09. The SMILES string of the molecule is COc1cccc(N2CCN(C(=O)c3c(F)cccc3F)C[C@@H]2C)c1. The predicted molar refractivity (Wildman–Crippen MR) is 92.1 cm³/mol. The molecule has 1 saturated heterocycles. The fourth-order valence-corrected chi connectivity index (χ4v) is 3.18. The monoisotopic (exact) mass is 346 g/mol. The van der Waals surface area contributed by atoms with Gasteiger partial charge in [-0.05, 0) is 31.2 Å². The van der Waals surface area contributed by atoms with Crippen molar-refractivity contribution in [1.82, 2.24) is 4.90 Å². The quantitative estimate of drug-likeness (QED) is 0.855. The standard InChI is InChI=1S/C19H20F2N2O2/c1-13-12-22(19(24)18-16(20)7-4-8-17(18)21)9-10-23(13)14-5-3-6-15(11-14)25-2/h3-8,11,13H,9-10,12H2,1-2H3/t13-/m0/s1. The van der Waals surface area contributed by atoms with Crippen LogP contribution in [0.5, 0.6) is 5.75 Å². The number of ether oxygens (including phenoxy) is 1. The Morgan fingerprint density at radius 2 is 1.80 bits per heavy atom. The van der Waals surface area contributed by atoms with E-state index in [-0.39, 0.29) is 6.04 Å². The molecule has 1 atom stereocenters. The van der Waals surface area contributed by atoms with Crippen LogP contribution in [0.25, 0.3) is 0 Å². The molecule has 3 rings (SSSR count). The van der Waals surface area contributed by atoms with Gasteiger partial charge < -0.3 is 14.5 Å². The van der Waals surface area contributed by atoms with E-state index in [0.29, 0.717) is 19.6 Å². The number of hydrogen-bond donors (Lipinski definition) is 0. The summed E-state index contributed by atoms with van der Waals surface area (Å²) in [6, 6.07) is 11.2. The molecule has 6 heteroatoms. The molecule has 1 fully saturated rings. The van der Waals surface area contributed by atoms with Crippen molar-refractivity contribution < 1.29 is 18.3 Å². The van der Waals surface area contributed by atoms with Crippen LogP contribution in [0.2, 0.25) is 0 Å². The Morgan fingerprint density at radius 1 is 1.12 bits per heavy atom. The number of halogens is 2. The molecule has 2 aromatic rings. The number of benzene rings is 2. The maximum absolute atomic E-state index is 13.9. The number of rotatable bonds is 3. The first-order valence-electron chi connectivity index (χ1n) is 8.15. The van der Waals surface area contributed by atoms with Gasteiger partial charge in [0.1, 0.15) is 22.9 Å². The van der Waals surface area contributed by atoms with Crippen molar-refractivity contribution in [2.24, 2.45) is 0 Å². The van der Waals surface area contributed by atoms with E-state index in [4.69, 9.17) is 4.74 Å². The lowest BCUT2D eigenvalue weighted by atomic mass is 10.1. The Bertz CT molecular complexity index is 762. The highest BCUT2D eigenvalue weighted by molar-refractivity contribution is 5.95. The van der Waals surface area contributed by atoms with E-state index in [1.165, 1.54) is 11.0 Å². The molecule has 0 aliphatic carbocycles. The molecule has 0 spiro atoms. The van der Waals surface area contributed by atoms with Crippen LogP contribution in [0.3, 0.4) is 0 Å². The van der Waals surface area contributed by atoms with Gasteiger partial charge >= 0.3 is 0 Å². The molecule has 0 N–H and O–H groups in total. The lowest BCUT2D eigenvalue weighted by Crippen LogP contribution is -2.54. The fraction of sp³-hybridized carbons (Fsp3) is 0.316. The highest BCUT2D eigenvalue weighted by Crippen LogP contribution is 2.26. The van der Waals surface area contributed by atoms with Crippen LogP contribution in [-0.2, 0) is 0 Å². The van der Waals surface area contributed by atoms with Crippen LogP contribution in [0.4, 0.5) is 14.5 Å². The molecule has 132 valence electrons. The van der Waals surface area contributed by atoms with E-state index in [0.717, 1.165) is 23.6 Å². The van der Waals surface area contributed by atoms with Gasteiger partial charge in [0.25, 0.3) is 5.91 Å². The van der Waals surface area contributed by atoms with Gasteiger partial charge in [0.15, 0.2) is 0 Å². The van der Waals surface area contributed by atoms with E-state index in [1.807, 2.05) is 31.2 Å². The van der Waals surface area contributed by atoms with Gasteiger partial charge in [-0.3, -0.25) is 4.79 Å². The number of amides is 1. The summed E-state index contributed by atoms with van der Waals surface area (Å²) in [4.78, 5) is 16.2. The van der Waals surface area contributed by atoms with E-state index < -0.39 is 23.1 Å². The molecule has 1 heterocycles. The Morgan fingerprint density at radius 3 is 2.44 bits per heavy atom. The highest BCUT2D eigenvalue weighted by atomic mass is 19.1. The van der Waals surface area contributed by atoms with Gasteiger partial charge in [-0.2, -0.15) is 0 Å². The van der Waals surface area contributed by atoms with Crippen LogP contribution in [0.1, 0.15) is 17.3 Å². The summed E-state index contributed by atoms with van der Waals surface area (Å²) >= 11 is 0. The first-order valence-corrected chi connectivity index (χ1v) is 8.15. The number of carbonyl (C=O) groups excluding carboxylic acids is 1. The predicted octanol–water partition coefficient (Wildman–Crippen LogP) is 3.32. The second-order valence-electron chi connectivity index (χ2n) is 6.09. The van der Waals surface area contributed by atoms with Crippen LogP contribution in [0, 0.1) is 11.6 Å². The van der Waals surface area contributed by atoms with Crippen molar-refractivity contribution in [3.63, 3.8) is 0 Å². The zero-order valence-corrected chi connectivity index (χ0v) is 14.2. The maximum atomic E-state index is 13.9. The van der Waals surface area contributed by atoms with Gasteiger partial charge in [-0.25, -0.2) is 8.78 Å². The summed E-state index contributed by atoms with van der Waals surface area (Å²) in [5.74, 6) is -1.50. The van der Waals surface area contributed by atoms with Gasteiger partial charge in [0.2, 0.25) is 0 Å². The lowest BCUT2D eigenvalue weighted by molar-refractivity contribution is 0.0716. The molecule has 0 bridgehead atoms. The van der Waals surface area contributed by atoms with Crippen LogP contribution in [0.15, 0.2) is 42.5 Å². The molecular weight excluding hydrogens is 326 g/mol. The van der Waals surface area contributed by atoms with Crippen LogP contribution >= 0.6 is 0 Å². The summed E-state index contributed by atoms with van der Waals surface area (Å²) in [5, 5.41) is 0.